The number of aromatic nitrogens is 2. The first kappa shape index (κ1) is 13.5. The Morgan fingerprint density at radius 1 is 1.58 bits per heavy atom. The van der Waals surface area contributed by atoms with E-state index in [0.717, 1.165) is 16.9 Å². The molecule has 2 rings (SSSR count). The number of fused-ring (bicyclic) bond motifs is 1. The molecule has 0 aliphatic rings. The normalized spacial score (nSPS) is 10.8. The smallest absolute Gasteiger partial charge is 0.346 e. The van der Waals surface area contributed by atoms with E-state index in [9.17, 15) is 9.59 Å². The Morgan fingerprint density at radius 2 is 2.26 bits per heavy atom. The van der Waals surface area contributed by atoms with E-state index in [4.69, 9.17) is 5.11 Å². The van der Waals surface area contributed by atoms with Crippen molar-refractivity contribution in [3.8, 4) is 0 Å². The standard InChI is InChI=1S/C13H14N2O3S/c1-7(2)4-5-15-6-14-11-9(12(15)16)8(3)10(19-11)13(17)18/h6H,1,4-5H2,2-3H3,(H,17,18). The van der Waals surface area contributed by atoms with Crippen molar-refractivity contribution in [2.24, 2.45) is 0 Å². The van der Waals surface area contributed by atoms with Crippen molar-refractivity contribution in [2.75, 3.05) is 0 Å². The summed E-state index contributed by atoms with van der Waals surface area (Å²) >= 11 is 1.04. The van der Waals surface area contributed by atoms with E-state index in [1.165, 1.54) is 10.9 Å². The van der Waals surface area contributed by atoms with Gasteiger partial charge in [0.1, 0.15) is 9.71 Å². The lowest BCUT2D eigenvalue weighted by atomic mass is 10.2. The first-order chi connectivity index (χ1) is 8.91. The van der Waals surface area contributed by atoms with E-state index in [0.29, 0.717) is 28.7 Å². The average molecular weight is 278 g/mol. The molecule has 2 aromatic heterocycles. The second-order valence-corrected chi connectivity index (χ2v) is 5.49. The molecule has 0 aromatic carbocycles. The summed E-state index contributed by atoms with van der Waals surface area (Å²) in [7, 11) is 0. The Kier molecular flexibility index (Phi) is 3.53. The Labute approximate surface area is 113 Å². The van der Waals surface area contributed by atoms with Gasteiger partial charge in [0.25, 0.3) is 5.56 Å². The fourth-order valence-corrected chi connectivity index (χ4v) is 2.81. The van der Waals surface area contributed by atoms with Crippen molar-refractivity contribution in [1.82, 2.24) is 9.55 Å². The maximum atomic E-state index is 12.3. The SMILES string of the molecule is C=C(C)CCn1cnc2sc(C(=O)O)c(C)c2c1=O. The van der Waals surface area contributed by atoms with E-state index in [-0.39, 0.29) is 10.4 Å². The van der Waals surface area contributed by atoms with Crippen LogP contribution >= 0.6 is 11.3 Å². The number of carboxylic acid groups (broad SMARTS) is 1. The zero-order valence-corrected chi connectivity index (χ0v) is 11.6. The van der Waals surface area contributed by atoms with Gasteiger partial charge >= 0.3 is 5.97 Å². The number of thiophene rings is 1. The molecule has 2 heterocycles. The van der Waals surface area contributed by atoms with Crippen molar-refractivity contribution in [3.63, 3.8) is 0 Å². The molecule has 0 radical (unpaired) electrons. The van der Waals surface area contributed by atoms with Gasteiger partial charge in [-0.05, 0) is 25.8 Å². The van der Waals surface area contributed by atoms with Gasteiger partial charge in [0.2, 0.25) is 0 Å². The first-order valence-corrected chi connectivity index (χ1v) is 6.59. The molecule has 0 amide bonds. The van der Waals surface area contributed by atoms with Gasteiger partial charge in [0, 0.05) is 6.54 Å². The Bertz CT molecular complexity index is 727. The van der Waals surface area contributed by atoms with E-state index in [1.54, 1.807) is 6.92 Å². The van der Waals surface area contributed by atoms with Crippen molar-refractivity contribution in [1.29, 1.82) is 0 Å². The van der Waals surface area contributed by atoms with Gasteiger partial charge in [-0.15, -0.1) is 17.9 Å². The molecule has 0 aliphatic carbocycles. The summed E-state index contributed by atoms with van der Waals surface area (Å²) in [5, 5.41) is 9.47. The van der Waals surface area contributed by atoms with Crippen molar-refractivity contribution in [3.05, 3.63) is 39.3 Å². The molecule has 0 aliphatic heterocycles. The third-order valence-electron chi connectivity index (χ3n) is 2.89. The summed E-state index contributed by atoms with van der Waals surface area (Å²) in [5.74, 6) is -1.02. The molecule has 2 aromatic rings. The molecule has 0 saturated carbocycles. The summed E-state index contributed by atoms with van der Waals surface area (Å²) in [6, 6.07) is 0. The number of hydrogen-bond acceptors (Lipinski definition) is 4. The number of aromatic carboxylic acids is 1. The largest absolute Gasteiger partial charge is 0.477 e. The molecule has 5 nitrogen and oxygen atoms in total. The van der Waals surface area contributed by atoms with Crippen LogP contribution in [0.5, 0.6) is 0 Å². The van der Waals surface area contributed by atoms with Crippen LogP contribution in [0.15, 0.2) is 23.3 Å². The van der Waals surface area contributed by atoms with E-state index >= 15 is 0 Å². The van der Waals surface area contributed by atoms with E-state index in [1.807, 2.05) is 6.92 Å². The summed E-state index contributed by atoms with van der Waals surface area (Å²) in [5.41, 5.74) is 1.29. The number of carboxylic acids is 1. The van der Waals surface area contributed by atoms with Gasteiger partial charge in [-0.1, -0.05) is 5.57 Å². The van der Waals surface area contributed by atoms with Crippen LogP contribution in [0.25, 0.3) is 10.2 Å². The lowest BCUT2D eigenvalue weighted by molar-refractivity contribution is 0.0701. The van der Waals surface area contributed by atoms with E-state index < -0.39 is 5.97 Å². The maximum absolute atomic E-state index is 12.3. The van der Waals surface area contributed by atoms with Crippen LogP contribution in [0.1, 0.15) is 28.6 Å². The van der Waals surface area contributed by atoms with Gasteiger partial charge < -0.3 is 5.11 Å². The van der Waals surface area contributed by atoms with Crippen molar-refractivity contribution in [2.45, 2.75) is 26.8 Å². The summed E-state index contributed by atoms with van der Waals surface area (Å²) in [6.45, 7) is 7.85. The molecule has 0 spiro atoms. The Hall–Kier alpha value is -1.95. The topological polar surface area (TPSA) is 72.2 Å². The summed E-state index contributed by atoms with van der Waals surface area (Å²) in [6.07, 6.45) is 2.16. The fraction of sp³-hybridized carbons (Fsp3) is 0.308. The van der Waals surface area contributed by atoms with Gasteiger partial charge in [0.15, 0.2) is 0 Å². The van der Waals surface area contributed by atoms with Crippen LogP contribution in [-0.2, 0) is 6.54 Å². The summed E-state index contributed by atoms with van der Waals surface area (Å²) < 4.78 is 1.50. The predicted octanol–water partition coefficient (Wildman–Crippen LogP) is 2.43. The van der Waals surface area contributed by atoms with Crippen LogP contribution in [-0.4, -0.2) is 20.6 Å². The van der Waals surface area contributed by atoms with Crippen LogP contribution in [0, 0.1) is 6.92 Å². The fourth-order valence-electron chi connectivity index (χ4n) is 1.83. The highest BCUT2D eigenvalue weighted by Crippen LogP contribution is 2.26. The monoisotopic (exact) mass is 278 g/mol. The maximum Gasteiger partial charge on any atom is 0.346 e. The van der Waals surface area contributed by atoms with Crippen LogP contribution in [0.4, 0.5) is 0 Å². The third-order valence-corrected chi connectivity index (χ3v) is 4.08. The number of nitrogens with zero attached hydrogens (tertiary/aromatic N) is 2. The predicted molar refractivity (Wildman–Crippen MR) is 75.0 cm³/mol. The molecule has 0 bridgehead atoms. The zero-order valence-electron chi connectivity index (χ0n) is 10.8. The lowest BCUT2D eigenvalue weighted by Gasteiger charge is -2.04. The molecule has 100 valence electrons. The molecule has 0 saturated heterocycles. The first-order valence-electron chi connectivity index (χ1n) is 5.78. The second kappa shape index (κ2) is 4.97. The highest BCUT2D eigenvalue weighted by Gasteiger charge is 2.18. The third kappa shape index (κ3) is 2.44. The molecule has 0 unspecified atom stereocenters. The summed E-state index contributed by atoms with van der Waals surface area (Å²) in [4.78, 5) is 28.2. The zero-order chi connectivity index (χ0) is 14.2. The van der Waals surface area contributed by atoms with E-state index in [2.05, 4.69) is 11.6 Å². The van der Waals surface area contributed by atoms with Crippen molar-refractivity contribution < 1.29 is 9.90 Å². The highest BCUT2D eigenvalue weighted by atomic mass is 32.1. The van der Waals surface area contributed by atoms with Crippen LogP contribution < -0.4 is 5.56 Å². The Balaban J connectivity index is 2.58. The minimum atomic E-state index is -1.02. The van der Waals surface area contributed by atoms with Gasteiger partial charge in [0.05, 0.1) is 11.7 Å². The minimum Gasteiger partial charge on any atom is -0.477 e. The number of hydrogen-bond donors (Lipinski definition) is 1. The van der Waals surface area contributed by atoms with Crippen LogP contribution in [0.3, 0.4) is 0 Å². The van der Waals surface area contributed by atoms with Gasteiger partial charge in [-0.3, -0.25) is 9.36 Å². The molecule has 6 heteroatoms. The van der Waals surface area contributed by atoms with Gasteiger partial charge in [-0.25, -0.2) is 9.78 Å². The molecular weight excluding hydrogens is 264 g/mol. The highest BCUT2D eigenvalue weighted by molar-refractivity contribution is 7.20. The number of aryl methyl sites for hydroxylation is 2. The number of allylic oxidation sites excluding steroid dienone is 1. The lowest BCUT2D eigenvalue weighted by Crippen LogP contribution is -2.20. The van der Waals surface area contributed by atoms with Crippen LogP contribution in [0.2, 0.25) is 0 Å². The Morgan fingerprint density at radius 3 is 2.84 bits per heavy atom. The average Bonchev–Trinajstić information content (AvgIpc) is 2.66. The molecule has 19 heavy (non-hydrogen) atoms. The quantitative estimate of drug-likeness (QED) is 0.872. The van der Waals surface area contributed by atoms with Gasteiger partial charge in [-0.2, -0.15) is 0 Å². The number of carbonyl (C=O) groups is 1. The minimum absolute atomic E-state index is 0.178. The molecule has 0 fully saturated rings. The molecule has 0 atom stereocenters. The van der Waals surface area contributed by atoms with Crippen molar-refractivity contribution >= 4 is 27.5 Å². The molecule has 1 N–H and O–H groups in total. The second-order valence-electron chi connectivity index (χ2n) is 4.49. The number of rotatable bonds is 4. The molecular formula is C13H14N2O3S.